The van der Waals surface area contributed by atoms with Crippen LogP contribution in [0.25, 0.3) is 0 Å². The Bertz CT molecular complexity index is 360. The quantitative estimate of drug-likeness (QED) is 0.562. The van der Waals surface area contributed by atoms with Gasteiger partial charge in [-0.3, -0.25) is 15.0 Å². The Labute approximate surface area is 107 Å². The van der Waals surface area contributed by atoms with Crippen LogP contribution in [0.5, 0.6) is 0 Å². The third-order valence-corrected chi connectivity index (χ3v) is 2.76. The van der Waals surface area contributed by atoms with Crippen molar-refractivity contribution in [2.75, 3.05) is 6.54 Å². The first-order chi connectivity index (χ1) is 8.24. The molecule has 6 heteroatoms. The lowest BCUT2D eigenvalue weighted by molar-refractivity contribution is -0.530. The molecule has 1 rings (SSSR count). The van der Waals surface area contributed by atoms with Crippen LogP contribution in [-0.2, 0) is 4.74 Å². The Morgan fingerprint density at radius 1 is 1.56 bits per heavy atom. The molecule has 0 aromatic heterocycles. The summed E-state index contributed by atoms with van der Waals surface area (Å²) >= 11 is 0. The van der Waals surface area contributed by atoms with Crippen LogP contribution in [0.1, 0.15) is 34.1 Å². The van der Waals surface area contributed by atoms with Gasteiger partial charge in [-0.2, -0.15) is 0 Å². The molecule has 2 atom stereocenters. The van der Waals surface area contributed by atoms with Crippen molar-refractivity contribution in [3.8, 4) is 0 Å². The van der Waals surface area contributed by atoms with Crippen molar-refractivity contribution in [1.29, 1.82) is 0 Å². The number of rotatable bonds is 2. The topological polar surface area (TPSA) is 72.7 Å². The second-order valence-electron chi connectivity index (χ2n) is 5.40. The fraction of sp³-hybridized carbons (Fsp3) is 0.750. The van der Waals surface area contributed by atoms with Crippen LogP contribution >= 0.6 is 0 Å². The number of ether oxygens (including phenoxy) is 1. The molecule has 0 aromatic carbocycles. The van der Waals surface area contributed by atoms with Crippen molar-refractivity contribution >= 4 is 6.09 Å². The highest BCUT2D eigenvalue weighted by Gasteiger charge is 2.36. The first-order valence-electron chi connectivity index (χ1n) is 6.06. The molecule has 0 N–H and O–H groups in total. The van der Waals surface area contributed by atoms with E-state index >= 15 is 0 Å². The minimum Gasteiger partial charge on any atom is -0.443 e. The zero-order valence-electron chi connectivity index (χ0n) is 11.3. The SMILES string of the molecule is CC[C@@H]1C=CN(C(=O)OC(C)(C)C)C[C@H]1[N+](=O)[O-]. The molecule has 1 aliphatic rings. The maximum atomic E-state index is 11.8. The molecule has 0 aromatic rings. The number of carbonyl (C=O) groups is 1. The van der Waals surface area contributed by atoms with E-state index in [0.29, 0.717) is 6.42 Å². The molecule has 1 aliphatic heterocycles. The van der Waals surface area contributed by atoms with Crippen molar-refractivity contribution in [1.82, 2.24) is 4.90 Å². The third kappa shape index (κ3) is 3.72. The van der Waals surface area contributed by atoms with Crippen LogP contribution < -0.4 is 0 Å². The highest BCUT2D eigenvalue weighted by molar-refractivity contribution is 5.69. The second-order valence-corrected chi connectivity index (χ2v) is 5.40. The highest BCUT2D eigenvalue weighted by atomic mass is 16.6. The van der Waals surface area contributed by atoms with Gasteiger partial charge in [-0.25, -0.2) is 4.79 Å². The first kappa shape index (κ1) is 14.5. The van der Waals surface area contributed by atoms with Gasteiger partial charge in [0.1, 0.15) is 5.60 Å². The maximum absolute atomic E-state index is 11.8. The van der Waals surface area contributed by atoms with E-state index < -0.39 is 17.7 Å². The zero-order chi connectivity index (χ0) is 13.9. The average Bonchev–Trinajstić information content (AvgIpc) is 2.25. The third-order valence-electron chi connectivity index (χ3n) is 2.76. The Balaban J connectivity index is 2.76. The summed E-state index contributed by atoms with van der Waals surface area (Å²) in [6, 6.07) is -0.757. The summed E-state index contributed by atoms with van der Waals surface area (Å²) in [5, 5.41) is 11.0. The van der Waals surface area contributed by atoms with Crippen molar-refractivity contribution in [2.24, 2.45) is 5.92 Å². The molecule has 102 valence electrons. The van der Waals surface area contributed by atoms with Crippen LogP contribution in [0.15, 0.2) is 12.3 Å². The van der Waals surface area contributed by atoms with Crippen LogP contribution in [0.4, 0.5) is 4.79 Å². The van der Waals surface area contributed by atoms with Gasteiger partial charge in [-0.15, -0.1) is 0 Å². The molecule has 6 nitrogen and oxygen atoms in total. The van der Waals surface area contributed by atoms with Crippen LogP contribution in [0.3, 0.4) is 0 Å². The molecule has 0 spiro atoms. The molecular weight excluding hydrogens is 236 g/mol. The summed E-state index contributed by atoms with van der Waals surface area (Å²) in [6.07, 6.45) is 3.44. The molecule has 0 saturated heterocycles. The molecule has 1 heterocycles. The van der Waals surface area contributed by atoms with Gasteiger partial charge in [0.2, 0.25) is 6.04 Å². The predicted octanol–water partition coefficient (Wildman–Crippen LogP) is 2.42. The largest absolute Gasteiger partial charge is 0.443 e. The molecule has 0 aliphatic carbocycles. The average molecular weight is 256 g/mol. The van der Waals surface area contributed by atoms with Crippen molar-refractivity contribution in [3.63, 3.8) is 0 Å². The molecular formula is C12H20N2O4. The number of amides is 1. The highest BCUT2D eigenvalue weighted by Crippen LogP contribution is 2.21. The lowest BCUT2D eigenvalue weighted by atomic mass is 9.94. The summed E-state index contributed by atoms with van der Waals surface area (Å²) < 4.78 is 5.19. The van der Waals surface area contributed by atoms with Gasteiger partial charge in [-0.1, -0.05) is 13.0 Å². The molecule has 1 amide bonds. The van der Waals surface area contributed by atoms with Crippen molar-refractivity contribution in [2.45, 2.75) is 45.8 Å². The van der Waals surface area contributed by atoms with Crippen LogP contribution in [0.2, 0.25) is 0 Å². The lowest BCUT2D eigenvalue weighted by Gasteiger charge is -2.30. The van der Waals surface area contributed by atoms with Gasteiger partial charge in [0.25, 0.3) is 0 Å². The lowest BCUT2D eigenvalue weighted by Crippen LogP contribution is -2.45. The monoisotopic (exact) mass is 256 g/mol. The number of hydrogen-bond acceptors (Lipinski definition) is 4. The van der Waals surface area contributed by atoms with Crippen LogP contribution in [0, 0.1) is 16.0 Å². The van der Waals surface area contributed by atoms with E-state index in [-0.39, 0.29) is 17.4 Å². The van der Waals surface area contributed by atoms with Gasteiger partial charge >= 0.3 is 6.09 Å². The summed E-state index contributed by atoms with van der Waals surface area (Å²) in [6.45, 7) is 7.25. The van der Waals surface area contributed by atoms with Gasteiger partial charge < -0.3 is 4.74 Å². The molecule has 0 saturated carbocycles. The molecule has 0 unspecified atom stereocenters. The van der Waals surface area contributed by atoms with Crippen molar-refractivity contribution < 1.29 is 14.5 Å². The van der Waals surface area contributed by atoms with E-state index in [0.717, 1.165) is 0 Å². The van der Waals surface area contributed by atoms with Gasteiger partial charge in [-0.05, 0) is 27.2 Å². The summed E-state index contributed by atoms with van der Waals surface area (Å²) in [5.41, 5.74) is -0.601. The standard InChI is InChI=1S/C12H20N2O4/c1-5-9-6-7-13(8-10(9)14(16)17)11(15)18-12(2,3)4/h6-7,9-10H,5,8H2,1-4H3/t9-,10-/m1/s1. The Kier molecular flexibility index (Phi) is 4.32. The van der Waals surface area contributed by atoms with Gasteiger partial charge in [0.05, 0.1) is 6.54 Å². The van der Waals surface area contributed by atoms with E-state index in [1.165, 1.54) is 4.90 Å². The van der Waals surface area contributed by atoms with E-state index in [2.05, 4.69) is 0 Å². The predicted molar refractivity (Wildman–Crippen MR) is 66.6 cm³/mol. The zero-order valence-corrected chi connectivity index (χ0v) is 11.3. The maximum Gasteiger partial charge on any atom is 0.414 e. The van der Waals surface area contributed by atoms with Crippen LogP contribution in [-0.4, -0.2) is 34.1 Å². The summed E-state index contributed by atoms with van der Waals surface area (Å²) in [7, 11) is 0. The van der Waals surface area contributed by atoms with E-state index in [4.69, 9.17) is 4.74 Å². The Morgan fingerprint density at radius 3 is 2.61 bits per heavy atom. The first-order valence-corrected chi connectivity index (χ1v) is 6.06. The number of nitrogens with zero attached hydrogens (tertiary/aromatic N) is 2. The van der Waals surface area contributed by atoms with E-state index in [1.54, 1.807) is 33.0 Å². The van der Waals surface area contributed by atoms with Crippen molar-refractivity contribution in [3.05, 3.63) is 22.4 Å². The fourth-order valence-corrected chi connectivity index (χ4v) is 1.83. The summed E-state index contributed by atoms with van der Waals surface area (Å²) in [5.74, 6) is -0.126. The Hall–Kier alpha value is -1.59. The number of carbonyl (C=O) groups excluding carboxylic acids is 1. The summed E-state index contributed by atoms with van der Waals surface area (Å²) in [4.78, 5) is 23.7. The smallest absolute Gasteiger partial charge is 0.414 e. The molecule has 0 fully saturated rings. The van der Waals surface area contributed by atoms with Gasteiger partial charge in [0, 0.05) is 17.0 Å². The number of hydrogen-bond donors (Lipinski definition) is 0. The second kappa shape index (κ2) is 5.37. The molecule has 0 radical (unpaired) electrons. The number of nitro groups is 1. The molecule has 0 bridgehead atoms. The Morgan fingerprint density at radius 2 is 2.17 bits per heavy atom. The minimum atomic E-state index is -0.757. The van der Waals surface area contributed by atoms with Gasteiger partial charge in [0.15, 0.2) is 0 Å². The van der Waals surface area contributed by atoms with E-state index in [9.17, 15) is 14.9 Å². The van der Waals surface area contributed by atoms with E-state index in [1.807, 2.05) is 6.92 Å². The minimum absolute atomic E-state index is 0.0664. The molecule has 18 heavy (non-hydrogen) atoms. The normalized spacial score (nSPS) is 23.9. The fourth-order valence-electron chi connectivity index (χ4n) is 1.83.